The van der Waals surface area contributed by atoms with E-state index in [0.717, 1.165) is 51.2 Å². The van der Waals surface area contributed by atoms with Crippen molar-refractivity contribution in [3.8, 4) is 5.69 Å². The Kier molecular flexibility index (Phi) is 5.40. The Labute approximate surface area is 228 Å². The largest absolute Gasteiger partial charge is 0.337 e. The molecule has 2 aliphatic heterocycles. The molecule has 0 amide bonds. The number of aliphatic imine (C=N–C) groups is 2. The number of amidine groups is 2. The third kappa shape index (κ3) is 3.84. The van der Waals surface area contributed by atoms with Crippen molar-refractivity contribution >= 4 is 34.6 Å². The number of nitrogens with one attached hydrogen (secondary N) is 1. The lowest BCUT2D eigenvalue weighted by Gasteiger charge is -2.40. The number of benzene rings is 4. The molecule has 39 heavy (non-hydrogen) atoms. The minimum atomic E-state index is -0.127. The maximum atomic E-state index is 5.32. The van der Waals surface area contributed by atoms with Crippen LogP contribution in [-0.4, -0.2) is 21.5 Å². The minimum Gasteiger partial charge on any atom is -0.337 e. The van der Waals surface area contributed by atoms with Crippen LogP contribution in [0.5, 0.6) is 0 Å². The number of fused-ring (bicyclic) bond motifs is 4. The van der Waals surface area contributed by atoms with Gasteiger partial charge in [-0.1, -0.05) is 72.8 Å². The van der Waals surface area contributed by atoms with Crippen LogP contribution in [0.2, 0.25) is 0 Å². The van der Waals surface area contributed by atoms with Crippen molar-refractivity contribution in [2.45, 2.75) is 26.8 Å². The van der Waals surface area contributed by atoms with Gasteiger partial charge in [-0.2, -0.15) is 5.10 Å². The van der Waals surface area contributed by atoms with E-state index in [4.69, 9.17) is 15.1 Å². The zero-order chi connectivity index (χ0) is 26.5. The van der Waals surface area contributed by atoms with E-state index in [0.29, 0.717) is 5.84 Å². The maximum absolute atomic E-state index is 5.32. The molecule has 6 heteroatoms. The van der Waals surface area contributed by atoms with Gasteiger partial charge in [0.2, 0.25) is 0 Å². The molecule has 7 rings (SSSR count). The second-order valence-electron chi connectivity index (χ2n) is 10.1. The van der Waals surface area contributed by atoms with Gasteiger partial charge in [-0.05, 0) is 67.8 Å². The summed E-state index contributed by atoms with van der Waals surface area (Å²) in [5.41, 5.74) is 9.47. The standard InChI is InChI=1S/C33H28N6/c1-21-18-19-22(2)27(20-21)35-31-33-36-32-29(23(3)37-39(32)25-14-8-5-9-15-25)30(24-12-6-4-7-13-24)38(33)28-17-11-10-16-26(28)34-31/h4-20,30H,1-3H3,(H,34,35). The number of hydrogen-bond acceptors (Lipinski definition) is 5. The van der Waals surface area contributed by atoms with Gasteiger partial charge in [-0.3, -0.25) is 0 Å². The highest BCUT2D eigenvalue weighted by molar-refractivity contribution is 6.51. The summed E-state index contributed by atoms with van der Waals surface area (Å²) in [6, 6.07) is 35.4. The molecule has 0 saturated heterocycles. The monoisotopic (exact) mass is 508 g/mol. The Bertz CT molecular complexity index is 1770. The Morgan fingerprint density at radius 1 is 0.744 bits per heavy atom. The zero-order valence-electron chi connectivity index (χ0n) is 22.1. The molecule has 0 bridgehead atoms. The second-order valence-corrected chi connectivity index (χ2v) is 10.1. The second kappa shape index (κ2) is 9.10. The first-order chi connectivity index (χ1) is 19.1. The fourth-order valence-corrected chi connectivity index (χ4v) is 5.50. The molecular weight excluding hydrogens is 480 g/mol. The molecule has 1 N–H and O–H groups in total. The molecular formula is C33H28N6. The Morgan fingerprint density at radius 3 is 2.26 bits per heavy atom. The Morgan fingerprint density at radius 2 is 1.46 bits per heavy atom. The topological polar surface area (TPSA) is 57.8 Å². The van der Waals surface area contributed by atoms with Gasteiger partial charge in [0.1, 0.15) is 0 Å². The van der Waals surface area contributed by atoms with Gasteiger partial charge < -0.3 is 10.2 Å². The van der Waals surface area contributed by atoms with Crippen LogP contribution in [0, 0.1) is 20.8 Å². The van der Waals surface area contributed by atoms with E-state index in [1.165, 1.54) is 11.1 Å². The summed E-state index contributed by atoms with van der Waals surface area (Å²) in [7, 11) is 0. The average molecular weight is 509 g/mol. The summed E-state index contributed by atoms with van der Waals surface area (Å²) >= 11 is 0. The molecule has 4 aromatic carbocycles. The van der Waals surface area contributed by atoms with Crippen LogP contribution in [0.1, 0.15) is 34.0 Å². The number of para-hydroxylation sites is 3. The van der Waals surface area contributed by atoms with Crippen LogP contribution >= 0.6 is 0 Å². The average Bonchev–Trinajstić information content (AvgIpc) is 3.30. The Balaban J connectivity index is 1.50. The van der Waals surface area contributed by atoms with Crippen LogP contribution in [-0.2, 0) is 0 Å². The van der Waals surface area contributed by atoms with Crippen molar-refractivity contribution in [1.82, 2.24) is 9.78 Å². The van der Waals surface area contributed by atoms with E-state index in [2.05, 4.69) is 110 Å². The smallest absolute Gasteiger partial charge is 0.179 e. The molecule has 5 aromatic rings. The van der Waals surface area contributed by atoms with E-state index in [-0.39, 0.29) is 6.04 Å². The molecule has 0 saturated carbocycles. The van der Waals surface area contributed by atoms with Crippen molar-refractivity contribution in [3.63, 3.8) is 0 Å². The van der Waals surface area contributed by atoms with Crippen LogP contribution in [0.3, 0.4) is 0 Å². The van der Waals surface area contributed by atoms with E-state index in [1.807, 2.05) is 28.9 Å². The molecule has 6 nitrogen and oxygen atoms in total. The lowest BCUT2D eigenvalue weighted by molar-refractivity contribution is 0.815. The predicted molar refractivity (Wildman–Crippen MR) is 159 cm³/mol. The van der Waals surface area contributed by atoms with Crippen LogP contribution < -0.4 is 10.2 Å². The molecule has 190 valence electrons. The fourth-order valence-electron chi connectivity index (χ4n) is 5.50. The molecule has 2 aliphatic rings. The minimum absolute atomic E-state index is 0.127. The van der Waals surface area contributed by atoms with Crippen molar-refractivity contribution in [3.05, 3.63) is 131 Å². The van der Waals surface area contributed by atoms with E-state index >= 15 is 0 Å². The first kappa shape index (κ1) is 23.2. The molecule has 0 radical (unpaired) electrons. The summed E-state index contributed by atoms with van der Waals surface area (Å²) in [6.45, 7) is 6.29. The lowest BCUT2D eigenvalue weighted by atomic mass is 9.93. The SMILES string of the molecule is Cc1ccc(C)c(NC2=Nc3ccccc3N3C2=Nc2c(c(C)nn2-c2ccccc2)C3c2ccccc2)c1. The van der Waals surface area contributed by atoms with Crippen molar-refractivity contribution < 1.29 is 0 Å². The van der Waals surface area contributed by atoms with Crippen LogP contribution in [0.25, 0.3) is 5.69 Å². The van der Waals surface area contributed by atoms with E-state index in [1.54, 1.807) is 0 Å². The van der Waals surface area contributed by atoms with Gasteiger partial charge in [0, 0.05) is 11.3 Å². The molecule has 1 aromatic heterocycles. The normalized spacial score (nSPS) is 15.6. The molecule has 3 heterocycles. The highest BCUT2D eigenvalue weighted by atomic mass is 15.4. The van der Waals surface area contributed by atoms with Gasteiger partial charge >= 0.3 is 0 Å². The van der Waals surface area contributed by atoms with Crippen molar-refractivity contribution in [1.29, 1.82) is 0 Å². The predicted octanol–water partition coefficient (Wildman–Crippen LogP) is 7.59. The molecule has 1 atom stereocenters. The Hall–Kier alpha value is -4.97. The van der Waals surface area contributed by atoms with Crippen LogP contribution in [0.4, 0.5) is 22.9 Å². The summed E-state index contributed by atoms with van der Waals surface area (Å²) in [4.78, 5) is 12.7. The lowest BCUT2D eigenvalue weighted by Crippen LogP contribution is -2.46. The van der Waals surface area contributed by atoms with Gasteiger partial charge in [-0.15, -0.1) is 0 Å². The summed E-state index contributed by atoms with van der Waals surface area (Å²) < 4.78 is 1.96. The van der Waals surface area contributed by atoms with Gasteiger partial charge in [0.15, 0.2) is 17.5 Å². The molecule has 1 unspecified atom stereocenters. The highest BCUT2D eigenvalue weighted by Crippen LogP contribution is 2.48. The number of anilines is 2. The highest BCUT2D eigenvalue weighted by Gasteiger charge is 2.41. The first-order valence-corrected chi connectivity index (χ1v) is 13.2. The molecule has 0 spiro atoms. The summed E-state index contributed by atoms with van der Waals surface area (Å²) in [5.74, 6) is 2.31. The zero-order valence-corrected chi connectivity index (χ0v) is 22.1. The summed E-state index contributed by atoms with van der Waals surface area (Å²) in [6.07, 6.45) is 0. The molecule has 0 aliphatic carbocycles. The van der Waals surface area contributed by atoms with Crippen molar-refractivity contribution in [2.24, 2.45) is 9.98 Å². The van der Waals surface area contributed by atoms with Crippen molar-refractivity contribution in [2.75, 3.05) is 10.2 Å². The van der Waals surface area contributed by atoms with Crippen LogP contribution in [0.15, 0.2) is 113 Å². The number of aryl methyl sites for hydroxylation is 3. The van der Waals surface area contributed by atoms with E-state index < -0.39 is 0 Å². The van der Waals surface area contributed by atoms with Gasteiger partial charge in [0.05, 0.1) is 28.8 Å². The van der Waals surface area contributed by atoms with Gasteiger partial charge in [0.25, 0.3) is 0 Å². The number of hydrogen-bond donors (Lipinski definition) is 1. The number of aromatic nitrogens is 2. The maximum Gasteiger partial charge on any atom is 0.179 e. The van der Waals surface area contributed by atoms with Gasteiger partial charge in [-0.25, -0.2) is 14.7 Å². The van der Waals surface area contributed by atoms with E-state index in [9.17, 15) is 0 Å². The quantitative estimate of drug-likeness (QED) is 0.273. The number of nitrogens with zero attached hydrogens (tertiary/aromatic N) is 5. The first-order valence-electron chi connectivity index (χ1n) is 13.2. The third-order valence-corrected chi connectivity index (χ3v) is 7.40. The molecule has 0 fully saturated rings. The summed E-state index contributed by atoms with van der Waals surface area (Å²) in [5, 5.41) is 8.66. The third-order valence-electron chi connectivity index (χ3n) is 7.40. The number of rotatable bonds is 3. The fraction of sp³-hybridized carbons (Fsp3) is 0.121.